The summed E-state index contributed by atoms with van der Waals surface area (Å²) in [4.78, 5) is 0. The standard InChI is InChI=1S/C25H27F/c1-3-4-20-7-11-23(12-8-20)24-13-9-21(10-14-24)6-5-19(2)22-15-17-25(26)18-16-22/h7-19H,3-6H2,1-2H3. The zero-order valence-corrected chi connectivity index (χ0v) is 15.7. The molecule has 0 saturated heterocycles. The van der Waals surface area contributed by atoms with Crippen molar-refractivity contribution in [2.24, 2.45) is 0 Å². The fourth-order valence-electron chi connectivity index (χ4n) is 3.36. The normalized spacial score (nSPS) is 12.1. The van der Waals surface area contributed by atoms with Crippen molar-refractivity contribution in [1.82, 2.24) is 0 Å². The summed E-state index contributed by atoms with van der Waals surface area (Å²) in [6, 6.07) is 24.7. The van der Waals surface area contributed by atoms with E-state index in [0.717, 1.165) is 19.3 Å². The number of aryl methyl sites for hydroxylation is 2. The van der Waals surface area contributed by atoms with E-state index in [2.05, 4.69) is 62.4 Å². The molecule has 1 unspecified atom stereocenters. The van der Waals surface area contributed by atoms with E-state index in [9.17, 15) is 4.39 Å². The quantitative estimate of drug-likeness (QED) is 0.425. The van der Waals surface area contributed by atoms with Crippen molar-refractivity contribution >= 4 is 0 Å². The lowest BCUT2D eigenvalue weighted by molar-refractivity contribution is 0.623. The van der Waals surface area contributed by atoms with Gasteiger partial charge in [-0.1, -0.05) is 80.9 Å². The molecule has 0 aromatic heterocycles. The Balaban J connectivity index is 1.59. The molecule has 0 aliphatic carbocycles. The molecule has 0 fully saturated rings. The lowest BCUT2D eigenvalue weighted by Gasteiger charge is -2.12. The van der Waals surface area contributed by atoms with E-state index < -0.39 is 0 Å². The minimum absolute atomic E-state index is 0.167. The minimum atomic E-state index is -0.167. The van der Waals surface area contributed by atoms with Gasteiger partial charge in [0.25, 0.3) is 0 Å². The summed E-state index contributed by atoms with van der Waals surface area (Å²) in [6.45, 7) is 4.42. The number of benzene rings is 3. The molecule has 0 nitrogen and oxygen atoms in total. The summed E-state index contributed by atoms with van der Waals surface area (Å²) in [5, 5.41) is 0. The second-order valence-corrected chi connectivity index (χ2v) is 7.14. The molecular weight excluding hydrogens is 319 g/mol. The first kappa shape index (κ1) is 18.4. The summed E-state index contributed by atoms with van der Waals surface area (Å²) in [5.74, 6) is 0.264. The van der Waals surface area contributed by atoms with Crippen molar-refractivity contribution in [1.29, 1.82) is 0 Å². The van der Waals surface area contributed by atoms with Crippen molar-refractivity contribution in [3.63, 3.8) is 0 Å². The number of hydrogen-bond acceptors (Lipinski definition) is 0. The molecule has 1 atom stereocenters. The summed E-state index contributed by atoms with van der Waals surface area (Å²) < 4.78 is 13.0. The predicted molar refractivity (Wildman–Crippen MR) is 109 cm³/mol. The largest absolute Gasteiger partial charge is 0.207 e. The molecular formula is C25H27F. The van der Waals surface area contributed by atoms with Crippen LogP contribution in [0.3, 0.4) is 0 Å². The Morgan fingerprint density at radius 3 is 1.69 bits per heavy atom. The van der Waals surface area contributed by atoms with E-state index in [0.29, 0.717) is 5.92 Å². The molecule has 134 valence electrons. The molecule has 3 rings (SSSR count). The second-order valence-electron chi connectivity index (χ2n) is 7.14. The molecule has 0 saturated carbocycles. The maximum absolute atomic E-state index is 13.0. The third-order valence-corrected chi connectivity index (χ3v) is 5.08. The number of halogens is 1. The van der Waals surface area contributed by atoms with Gasteiger partial charge in [-0.2, -0.15) is 0 Å². The molecule has 0 N–H and O–H groups in total. The van der Waals surface area contributed by atoms with Crippen LogP contribution in [0.4, 0.5) is 4.39 Å². The van der Waals surface area contributed by atoms with Crippen molar-refractivity contribution in [2.45, 2.75) is 45.4 Å². The maximum atomic E-state index is 13.0. The Bertz CT molecular complexity index is 798. The zero-order chi connectivity index (χ0) is 18.4. The molecule has 0 spiro atoms. The van der Waals surface area contributed by atoms with Crippen molar-refractivity contribution in [3.05, 3.63) is 95.3 Å². The Kier molecular flexibility index (Phi) is 6.22. The predicted octanol–water partition coefficient (Wildman–Crippen LogP) is 7.18. The average Bonchev–Trinajstić information content (AvgIpc) is 2.68. The van der Waals surface area contributed by atoms with Crippen LogP contribution in [0.2, 0.25) is 0 Å². The van der Waals surface area contributed by atoms with Crippen LogP contribution in [0, 0.1) is 5.82 Å². The Morgan fingerprint density at radius 2 is 1.19 bits per heavy atom. The fourth-order valence-corrected chi connectivity index (χ4v) is 3.36. The molecule has 0 heterocycles. The van der Waals surface area contributed by atoms with Gasteiger partial charge in [0.2, 0.25) is 0 Å². The highest BCUT2D eigenvalue weighted by atomic mass is 19.1. The number of rotatable bonds is 7. The van der Waals surface area contributed by atoms with Crippen LogP contribution in [0.1, 0.15) is 49.3 Å². The van der Waals surface area contributed by atoms with E-state index in [-0.39, 0.29) is 5.82 Å². The van der Waals surface area contributed by atoms with E-state index >= 15 is 0 Å². The summed E-state index contributed by atoms with van der Waals surface area (Å²) >= 11 is 0. The molecule has 0 amide bonds. The third-order valence-electron chi connectivity index (χ3n) is 5.08. The lowest BCUT2D eigenvalue weighted by atomic mass is 9.93. The highest BCUT2D eigenvalue weighted by molar-refractivity contribution is 5.64. The van der Waals surface area contributed by atoms with Crippen molar-refractivity contribution in [3.8, 4) is 11.1 Å². The molecule has 0 bridgehead atoms. The van der Waals surface area contributed by atoms with Crippen molar-refractivity contribution in [2.75, 3.05) is 0 Å². The summed E-state index contributed by atoms with van der Waals surface area (Å²) in [5.41, 5.74) is 6.50. The first-order chi connectivity index (χ1) is 12.7. The molecule has 0 aliphatic rings. The zero-order valence-electron chi connectivity index (χ0n) is 15.7. The first-order valence-corrected chi connectivity index (χ1v) is 9.59. The monoisotopic (exact) mass is 346 g/mol. The lowest BCUT2D eigenvalue weighted by Crippen LogP contribution is -1.96. The van der Waals surface area contributed by atoms with Crippen LogP contribution >= 0.6 is 0 Å². The van der Waals surface area contributed by atoms with Gasteiger partial charge in [0.15, 0.2) is 0 Å². The van der Waals surface area contributed by atoms with Gasteiger partial charge in [0.05, 0.1) is 0 Å². The van der Waals surface area contributed by atoms with E-state index in [1.807, 2.05) is 12.1 Å². The topological polar surface area (TPSA) is 0 Å². The SMILES string of the molecule is CCCc1ccc(-c2ccc(CCC(C)c3ccc(F)cc3)cc2)cc1. The van der Waals surface area contributed by atoms with Gasteiger partial charge in [-0.05, 0) is 65.1 Å². The molecule has 0 radical (unpaired) electrons. The van der Waals surface area contributed by atoms with E-state index in [1.54, 1.807) is 12.1 Å². The van der Waals surface area contributed by atoms with Crippen LogP contribution in [-0.2, 0) is 12.8 Å². The second kappa shape index (κ2) is 8.80. The Labute approximate surface area is 156 Å². The summed E-state index contributed by atoms with van der Waals surface area (Å²) in [7, 11) is 0. The number of hydrogen-bond donors (Lipinski definition) is 0. The Morgan fingerprint density at radius 1 is 0.692 bits per heavy atom. The van der Waals surface area contributed by atoms with Gasteiger partial charge in [0.1, 0.15) is 5.82 Å². The van der Waals surface area contributed by atoms with Crippen LogP contribution in [0.5, 0.6) is 0 Å². The van der Waals surface area contributed by atoms with Crippen molar-refractivity contribution < 1.29 is 4.39 Å². The molecule has 3 aromatic carbocycles. The Hall–Kier alpha value is -2.41. The molecule has 3 aromatic rings. The highest BCUT2D eigenvalue weighted by Gasteiger charge is 2.06. The van der Waals surface area contributed by atoms with Gasteiger partial charge in [0, 0.05) is 0 Å². The average molecular weight is 346 g/mol. The van der Waals surface area contributed by atoms with Gasteiger partial charge < -0.3 is 0 Å². The maximum Gasteiger partial charge on any atom is 0.123 e. The fraction of sp³-hybridized carbons (Fsp3) is 0.280. The van der Waals surface area contributed by atoms with Crippen LogP contribution < -0.4 is 0 Å². The van der Waals surface area contributed by atoms with E-state index in [4.69, 9.17) is 0 Å². The van der Waals surface area contributed by atoms with Gasteiger partial charge in [-0.3, -0.25) is 0 Å². The van der Waals surface area contributed by atoms with Gasteiger partial charge in [-0.15, -0.1) is 0 Å². The third kappa shape index (κ3) is 4.82. The van der Waals surface area contributed by atoms with Crippen LogP contribution in [0.15, 0.2) is 72.8 Å². The van der Waals surface area contributed by atoms with E-state index in [1.165, 1.54) is 34.2 Å². The minimum Gasteiger partial charge on any atom is -0.207 e. The van der Waals surface area contributed by atoms with Crippen LogP contribution in [-0.4, -0.2) is 0 Å². The highest BCUT2D eigenvalue weighted by Crippen LogP contribution is 2.24. The smallest absolute Gasteiger partial charge is 0.123 e. The van der Waals surface area contributed by atoms with Gasteiger partial charge in [-0.25, -0.2) is 4.39 Å². The molecule has 26 heavy (non-hydrogen) atoms. The first-order valence-electron chi connectivity index (χ1n) is 9.59. The molecule has 1 heteroatoms. The van der Waals surface area contributed by atoms with Crippen LogP contribution in [0.25, 0.3) is 11.1 Å². The van der Waals surface area contributed by atoms with Gasteiger partial charge >= 0.3 is 0 Å². The summed E-state index contributed by atoms with van der Waals surface area (Å²) in [6.07, 6.45) is 4.43. The molecule has 0 aliphatic heterocycles.